The highest BCUT2D eigenvalue weighted by Crippen LogP contribution is 2.16. The summed E-state index contributed by atoms with van der Waals surface area (Å²) in [4.78, 5) is 38.4. The first-order valence-corrected chi connectivity index (χ1v) is 33.0. The van der Waals surface area contributed by atoms with Gasteiger partial charge in [-0.05, 0) is 128 Å². The van der Waals surface area contributed by atoms with E-state index >= 15 is 0 Å². The van der Waals surface area contributed by atoms with Crippen molar-refractivity contribution < 1.29 is 28.6 Å². The van der Waals surface area contributed by atoms with Gasteiger partial charge >= 0.3 is 17.9 Å². The summed E-state index contributed by atoms with van der Waals surface area (Å²) in [5.74, 6) is -0.900. The monoisotopic (exact) mass is 1090 g/mol. The summed E-state index contributed by atoms with van der Waals surface area (Å²) in [7, 11) is 0. The Morgan fingerprint density at radius 1 is 0.266 bits per heavy atom. The third-order valence-corrected chi connectivity index (χ3v) is 13.9. The summed E-state index contributed by atoms with van der Waals surface area (Å²) in [5, 5.41) is 0. The number of rotatable bonds is 59. The summed E-state index contributed by atoms with van der Waals surface area (Å²) in [6.45, 7) is 6.40. The molecule has 0 heterocycles. The van der Waals surface area contributed by atoms with E-state index in [2.05, 4.69) is 142 Å². The zero-order valence-electron chi connectivity index (χ0n) is 51.6. The molecule has 1 atom stereocenters. The number of allylic oxidation sites excluding steroid dienone is 20. The molecule has 0 spiro atoms. The average Bonchev–Trinajstić information content (AvgIpc) is 3.45. The van der Waals surface area contributed by atoms with Gasteiger partial charge in [-0.25, -0.2) is 0 Å². The lowest BCUT2D eigenvalue weighted by Gasteiger charge is -2.18. The Bertz CT molecular complexity index is 1640. The van der Waals surface area contributed by atoms with Gasteiger partial charge in [-0.3, -0.25) is 14.4 Å². The molecule has 0 N–H and O–H groups in total. The lowest BCUT2D eigenvalue weighted by molar-refractivity contribution is -0.167. The number of hydrogen-bond donors (Lipinski definition) is 0. The van der Waals surface area contributed by atoms with Gasteiger partial charge in [0.2, 0.25) is 0 Å². The first kappa shape index (κ1) is 74.8. The van der Waals surface area contributed by atoms with E-state index in [1.165, 1.54) is 135 Å². The summed E-state index contributed by atoms with van der Waals surface area (Å²) >= 11 is 0. The van der Waals surface area contributed by atoms with Crippen LogP contribution in [0.1, 0.15) is 303 Å². The second kappa shape index (κ2) is 66.3. The first-order chi connectivity index (χ1) is 39.0. The fraction of sp³-hybridized carbons (Fsp3) is 0.685. The molecular formula is C73H122O6. The predicted molar refractivity (Wildman–Crippen MR) is 343 cm³/mol. The van der Waals surface area contributed by atoms with Crippen molar-refractivity contribution in [3.63, 3.8) is 0 Å². The van der Waals surface area contributed by atoms with Gasteiger partial charge in [0.05, 0.1) is 0 Å². The van der Waals surface area contributed by atoms with Crippen molar-refractivity contribution in [1.29, 1.82) is 0 Å². The minimum Gasteiger partial charge on any atom is -0.462 e. The van der Waals surface area contributed by atoms with Gasteiger partial charge in [0, 0.05) is 19.3 Å². The maximum atomic E-state index is 12.9. The van der Waals surface area contributed by atoms with Crippen molar-refractivity contribution in [2.45, 2.75) is 309 Å². The van der Waals surface area contributed by atoms with Crippen molar-refractivity contribution in [3.8, 4) is 0 Å². The van der Waals surface area contributed by atoms with Crippen LogP contribution in [-0.2, 0) is 28.6 Å². The summed E-state index contributed by atoms with van der Waals surface area (Å²) in [6.07, 6.45) is 92.0. The lowest BCUT2D eigenvalue weighted by atomic mass is 10.1. The third-order valence-electron chi connectivity index (χ3n) is 13.9. The van der Waals surface area contributed by atoms with Gasteiger partial charge in [0.25, 0.3) is 0 Å². The number of carbonyl (C=O) groups is 3. The Morgan fingerprint density at radius 2 is 0.494 bits per heavy atom. The zero-order valence-corrected chi connectivity index (χ0v) is 51.6. The molecule has 6 heteroatoms. The van der Waals surface area contributed by atoms with Gasteiger partial charge in [-0.15, -0.1) is 0 Å². The van der Waals surface area contributed by atoms with Gasteiger partial charge in [-0.2, -0.15) is 0 Å². The van der Waals surface area contributed by atoms with Crippen LogP contribution in [0.2, 0.25) is 0 Å². The van der Waals surface area contributed by atoms with Gasteiger partial charge < -0.3 is 14.2 Å². The van der Waals surface area contributed by atoms with Crippen LogP contribution in [0.15, 0.2) is 122 Å². The average molecular weight is 1100 g/mol. The molecule has 0 aromatic rings. The quantitative estimate of drug-likeness (QED) is 0.0261. The van der Waals surface area contributed by atoms with Crippen molar-refractivity contribution in [2.75, 3.05) is 13.2 Å². The molecule has 0 aliphatic carbocycles. The Balaban J connectivity index is 4.41. The minimum absolute atomic E-state index is 0.0878. The largest absolute Gasteiger partial charge is 0.462 e. The van der Waals surface area contributed by atoms with Gasteiger partial charge in [0.1, 0.15) is 13.2 Å². The number of ether oxygens (including phenoxy) is 3. The van der Waals surface area contributed by atoms with E-state index in [4.69, 9.17) is 14.2 Å². The molecule has 0 aliphatic rings. The number of unbranched alkanes of at least 4 members (excludes halogenated alkanes) is 28. The normalized spacial score (nSPS) is 12.9. The zero-order chi connectivity index (χ0) is 57.1. The highest BCUT2D eigenvalue weighted by molar-refractivity contribution is 5.71. The molecule has 0 rings (SSSR count). The number of hydrogen-bond acceptors (Lipinski definition) is 6. The number of carbonyl (C=O) groups excluding carboxylic acids is 3. The molecular weight excluding hydrogens is 973 g/mol. The van der Waals surface area contributed by atoms with Crippen LogP contribution in [0.3, 0.4) is 0 Å². The summed E-state index contributed by atoms with van der Waals surface area (Å²) in [5.41, 5.74) is 0. The molecule has 6 nitrogen and oxygen atoms in total. The molecule has 0 aliphatic heterocycles. The minimum atomic E-state index is -0.793. The molecule has 0 aromatic heterocycles. The van der Waals surface area contributed by atoms with Crippen LogP contribution < -0.4 is 0 Å². The summed E-state index contributed by atoms with van der Waals surface area (Å²) < 4.78 is 17.0. The second-order valence-corrected chi connectivity index (χ2v) is 21.6. The Kier molecular flexibility index (Phi) is 62.8. The highest BCUT2D eigenvalue weighted by Gasteiger charge is 2.19. The van der Waals surface area contributed by atoms with E-state index < -0.39 is 6.10 Å². The lowest BCUT2D eigenvalue weighted by Crippen LogP contribution is -2.30. The van der Waals surface area contributed by atoms with Crippen molar-refractivity contribution in [1.82, 2.24) is 0 Å². The molecule has 0 saturated carbocycles. The van der Waals surface area contributed by atoms with Crippen LogP contribution in [-0.4, -0.2) is 37.2 Å². The van der Waals surface area contributed by atoms with E-state index in [1.54, 1.807) is 0 Å². The Labute approximate surface area is 488 Å². The number of esters is 3. The van der Waals surface area contributed by atoms with Crippen molar-refractivity contribution >= 4 is 17.9 Å². The maximum absolute atomic E-state index is 12.9. The molecule has 0 radical (unpaired) electrons. The fourth-order valence-corrected chi connectivity index (χ4v) is 9.04. The van der Waals surface area contributed by atoms with Crippen LogP contribution in [0.4, 0.5) is 0 Å². The van der Waals surface area contributed by atoms with Crippen LogP contribution >= 0.6 is 0 Å². The van der Waals surface area contributed by atoms with Crippen LogP contribution in [0.5, 0.6) is 0 Å². The van der Waals surface area contributed by atoms with E-state index in [-0.39, 0.29) is 31.1 Å². The van der Waals surface area contributed by atoms with Crippen LogP contribution in [0, 0.1) is 0 Å². The van der Waals surface area contributed by atoms with Crippen molar-refractivity contribution in [2.24, 2.45) is 0 Å². The summed E-state index contributed by atoms with van der Waals surface area (Å²) in [6, 6.07) is 0. The topological polar surface area (TPSA) is 78.9 Å². The molecule has 79 heavy (non-hydrogen) atoms. The van der Waals surface area contributed by atoms with Crippen LogP contribution in [0.25, 0.3) is 0 Å². The second-order valence-electron chi connectivity index (χ2n) is 21.6. The molecule has 0 saturated heterocycles. The SMILES string of the molecule is CC/C=C\C/C=C\C/C=C\C/C=C\CCCCCCCCCCCCC(=O)OCC(COC(=O)CCCCCCCCC/C=C\C/C=C\CCCCC)OC(=O)CCCCCCCCCC/C=C\C/C=C\C/C=C\C/C=C\CC. The van der Waals surface area contributed by atoms with E-state index in [0.29, 0.717) is 19.3 Å². The van der Waals surface area contributed by atoms with E-state index in [0.717, 1.165) is 128 Å². The van der Waals surface area contributed by atoms with Crippen molar-refractivity contribution in [3.05, 3.63) is 122 Å². The molecule has 0 fully saturated rings. The van der Waals surface area contributed by atoms with E-state index in [1.807, 2.05) is 0 Å². The van der Waals surface area contributed by atoms with Gasteiger partial charge in [0.15, 0.2) is 6.10 Å². The smallest absolute Gasteiger partial charge is 0.306 e. The Hall–Kier alpha value is -4.19. The standard InChI is InChI=1S/C73H122O6/c1-4-7-10-13-16-19-22-25-28-31-33-35-36-38-39-42-45-48-51-54-57-60-63-66-72(75)78-69-70(68-77-71(74)65-62-59-56-53-50-47-44-41-30-27-24-21-18-15-12-9-6-3)79-73(76)67-64-61-58-55-52-49-46-43-40-37-34-32-29-26-23-20-17-14-11-8-5-2/h7-8,10-11,16-21,25-30,33-35,37,70H,4-6,9,12-15,22-24,31-32,36,38-69H2,1-3H3/b10-7-,11-8-,19-16-,20-17-,21-18-,28-25-,29-26-,30-27-,35-33-,37-34-. The molecule has 0 aromatic carbocycles. The molecule has 0 amide bonds. The Morgan fingerprint density at radius 3 is 0.772 bits per heavy atom. The third kappa shape index (κ3) is 64.5. The molecule has 1 unspecified atom stereocenters. The van der Waals surface area contributed by atoms with E-state index in [9.17, 15) is 14.4 Å². The molecule has 0 bridgehead atoms. The maximum Gasteiger partial charge on any atom is 0.306 e. The van der Waals surface area contributed by atoms with Gasteiger partial charge in [-0.1, -0.05) is 277 Å². The fourth-order valence-electron chi connectivity index (χ4n) is 9.04. The highest BCUT2D eigenvalue weighted by atomic mass is 16.6. The predicted octanol–water partition coefficient (Wildman–Crippen LogP) is 22.8. The first-order valence-electron chi connectivity index (χ1n) is 33.0. The molecule has 450 valence electrons.